The first-order chi connectivity index (χ1) is 5.65. The van der Waals surface area contributed by atoms with Gasteiger partial charge in [0.15, 0.2) is 0 Å². The molecule has 1 heterocycles. The molecule has 0 aliphatic rings. The van der Waals surface area contributed by atoms with E-state index in [0.29, 0.717) is 5.82 Å². The number of nitrogens with zero attached hydrogens (tertiary/aromatic N) is 3. The maximum absolute atomic E-state index is 10.3. The molecule has 0 saturated carbocycles. The lowest BCUT2D eigenvalue weighted by Gasteiger charge is -1.95. The molecule has 12 heavy (non-hydrogen) atoms. The van der Waals surface area contributed by atoms with E-state index in [2.05, 4.69) is 4.98 Å². The largest absolute Gasteiger partial charge is 0.381 e. The first-order valence-electron chi connectivity index (χ1n) is 3.83. The van der Waals surface area contributed by atoms with Gasteiger partial charge in [0.05, 0.1) is 0 Å². The van der Waals surface area contributed by atoms with Crippen molar-refractivity contribution in [3.63, 3.8) is 0 Å². The molecular weight excluding hydrogens is 158 g/mol. The Morgan fingerprint density at radius 2 is 2.42 bits per heavy atom. The molecule has 1 aromatic heterocycles. The number of hydrogen-bond donors (Lipinski definition) is 0. The first kappa shape index (κ1) is 8.70. The number of aromatic nitrogens is 2. The van der Waals surface area contributed by atoms with Gasteiger partial charge in [-0.1, -0.05) is 6.92 Å². The molecule has 0 spiro atoms. The van der Waals surface area contributed by atoms with Gasteiger partial charge < -0.3 is 14.7 Å². The smallest absolute Gasteiger partial charge is 0.358 e. The maximum atomic E-state index is 10.3. The summed E-state index contributed by atoms with van der Waals surface area (Å²) in [6.07, 6.45) is 2.42. The Balaban J connectivity index is 2.92. The van der Waals surface area contributed by atoms with Crippen LogP contribution in [0.15, 0.2) is 6.20 Å². The number of aryl methyl sites for hydroxylation is 2. The molecular formula is C7H11N3O2. The molecule has 0 atom stereocenters. The van der Waals surface area contributed by atoms with Crippen LogP contribution in [0.1, 0.15) is 19.2 Å². The molecule has 66 valence electrons. The van der Waals surface area contributed by atoms with E-state index >= 15 is 0 Å². The van der Waals surface area contributed by atoms with Gasteiger partial charge in [0.25, 0.3) is 0 Å². The van der Waals surface area contributed by atoms with Crippen LogP contribution in [-0.4, -0.2) is 14.5 Å². The highest BCUT2D eigenvalue weighted by Gasteiger charge is 2.13. The first-order valence-corrected chi connectivity index (χ1v) is 3.83. The van der Waals surface area contributed by atoms with Crippen LogP contribution in [-0.2, 0) is 6.54 Å². The van der Waals surface area contributed by atoms with Crippen molar-refractivity contribution in [2.45, 2.75) is 26.8 Å². The third-order valence-electron chi connectivity index (χ3n) is 1.61. The normalized spacial score (nSPS) is 10.2. The molecule has 0 radical (unpaired) electrons. The summed E-state index contributed by atoms with van der Waals surface area (Å²) >= 11 is 0. The third-order valence-corrected chi connectivity index (χ3v) is 1.61. The van der Waals surface area contributed by atoms with E-state index in [9.17, 15) is 10.1 Å². The number of nitro groups is 1. The lowest BCUT2D eigenvalue weighted by molar-refractivity contribution is -0.389. The average Bonchev–Trinajstić information content (AvgIpc) is 2.34. The number of imidazole rings is 1. The third kappa shape index (κ3) is 1.61. The van der Waals surface area contributed by atoms with E-state index in [-0.39, 0.29) is 5.82 Å². The predicted octanol–water partition coefficient (Wildman–Crippen LogP) is 1.51. The lowest BCUT2D eigenvalue weighted by Crippen LogP contribution is -1.96. The SMILES string of the molecule is CCCn1cc([N+](=O)[O-])nc1C. The van der Waals surface area contributed by atoms with Crippen molar-refractivity contribution < 1.29 is 4.92 Å². The molecule has 1 rings (SSSR count). The molecule has 1 aromatic rings. The molecule has 5 heteroatoms. The summed E-state index contributed by atoms with van der Waals surface area (Å²) in [6, 6.07) is 0. The monoisotopic (exact) mass is 169 g/mol. The van der Waals surface area contributed by atoms with Gasteiger partial charge >= 0.3 is 5.82 Å². The van der Waals surface area contributed by atoms with E-state index in [4.69, 9.17) is 0 Å². The van der Waals surface area contributed by atoms with Gasteiger partial charge in [-0.25, -0.2) is 0 Å². The summed E-state index contributed by atoms with van der Waals surface area (Å²) in [7, 11) is 0. The summed E-state index contributed by atoms with van der Waals surface area (Å²) in [5.41, 5.74) is 0. The lowest BCUT2D eigenvalue weighted by atomic mass is 10.5. The van der Waals surface area contributed by atoms with Gasteiger partial charge in [-0.2, -0.15) is 0 Å². The summed E-state index contributed by atoms with van der Waals surface area (Å²) in [5, 5.41) is 10.3. The van der Waals surface area contributed by atoms with Gasteiger partial charge in [0.2, 0.25) is 5.82 Å². The Kier molecular flexibility index (Phi) is 2.42. The van der Waals surface area contributed by atoms with Crippen LogP contribution in [0, 0.1) is 17.0 Å². The van der Waals surface area contributed by atoms with Crippen LogP contribution in [0.4, 0.5) is 5.82 Å². The van der Waals surface area contributed by atoms with E-state index in [1.165, 1.54) is 6.20 Å². The molecule has 5 nitrogen and oxygen atoms in total. The minimum Gasteiger partial charge on any atom is -0.358 e. The van der Waals surface area contributed by atoms with E-state index < -0.39 is 4.92 Å². The number of rotatable bonds is 3. The maximum Gasteiger partial charge on any atom is 0.381 e. The molecule has 0 unspecified atom stereocenters. The minimum atomic E-state index is -0.473. The molecule has 0 aromatic carbocycles. The van der Waals surface area contributed by atoms with Crippen LogP contribution in [0.25, 0.3) is 0 Å². The Morgan fingerprint density at radius 1 is 1.75 bits per heavy atom. The molecule has 0 N–H and O–H groups in total. The van der Waals surface area contributed by atoms with Crippen LogP contribution < -0.4 is 0 Å². The average molecular weight is 169 g/mol. The van der Waals surface area contributed by atoms with Crippen molar-refractivity contribution in [2.24, 2.45) is 0 Å². The molecule has 0 fully saturated rings. The zero-order valence-electron chi connectivity index (χ0n) is 7.15. The molecule has 0 saturated heterocycles. The second kappa shape index (κ2) is 3.34. The highest BCUT2D eigenvalue weighted by molar-refractivity contribution is 5.16. The van der Waals surface area contributed by atoms with Crippen molar-refractivity contribution in [2.75, 3.05) is 0 Å². The standard InChI is InChI=1S/C7H11N3O2/c1-3-4-9-5-7(10(11)12)8-6(9)2/h5H,3-4H2,1-2H3. The second-order valence-corrected chi connectivity index (χ2v) is 2.60. The fourth-order valence-corrected chi connectivity index (χ4v) is 1.05. The van der Waals surface area contributed by atoms with E-state index in [0.717, 1.165) is 13.0 Å². The highest BCUT2D eigenvalue weighted by Crippen LogP contribution is 2.10. The Labute approximate surface area is 70.2 Å². The van der Waals surface area contributed by atoms with Crippen LogP contribution in [0.2, 0.25) is 0 Å². The summed E-state index contributed by atoms with van der Waals surface area (Å²) in [5.74, 6) is 0.629. The summed E-state index contributed by atoms with van der Waals surface area (Å²) in [6.45, 7) is 4.57. The number of hydrogen-bond acceptors (Lipinski definition) is 3. The van der Waals surface area contributed by atoms with Gasteiger partial charge in [0.1, 0.15) is 6.20 Å². The Bertz CT molecular complexity index is 293. The van der Waals surface area contributed by atoms with Gasteiger partial charge in [-0.05, 0) is 16.3 Å². The quantitative estimate of drug-likeness (QED) is 0.509. The van der Waals surface area contributed by atoms with Crippen LogP contribution in [0.3, 0.4) is 0 Å². The van der Waals surface area contributed by atoms with Crippen molar-refractivity contribution in [3.8, 4) is 0 Å². The van der Waals surface area contributed by atoms with Crippen molar-refractivity contribution >= 4 is 5.82 Å². The Morgan fingerprint density at radius 3 is 2.83 bits per heavy atom. The molecule has 0 amide bonds. The summed E-state index contributed by atoms with van der Waals surface area (Å²) in [4.78, 5) is 13.6. The zero-order chi connectivity index (χ0) is 9.14. The predicted molar refractivity (Wildman–Crippen MR) is 43.9 cm³/mol. The fourth-order valence-electron chi connectivity index (χ4n) is 1.05. The van der Waals surface area contributed by atoms with E-state index in [1.807, 2.05) is 6.92 Å². The van der Waals surface area contributed by atoms with Crippen LogP contribution >= 0.6 is 0 Å². The fraction of sp³-hybridized carbons (Fsp3) is 0.571. The molecule has 0 bridgehead atoms. The minimum absolute atomic E-state index is 0.0686. The summed E-state index contributed by atoms with van der Waals surface area (Å²) < 4.78 is 1.79. The van der Waals surface area contributed by atoms with Crippen molar-refractivity contribution in [3.05, 3.63) is 22.1 Å². The zero-order valence-corrected chi connectivity index (χ0v) is 7.15. The van der Waals surface area contributed by atoms with Gasteiger partial charge in [-0.15, -0.1) is 0 Å². The topological polar surface area (TPSA) is 61.0 Å². The highest BCUT2D eigenvalue weighted by atomic mass is 16.6. The van der Waals surface area contributed by atoms with Gasteiger partial charge in [-0.3, -0.25) is 0 Å². The van der Waals surface area contributed by atoms with E-state index in [1.54, 1.807) is 11.5 Å². The van der Waals surface area contributed by atoms with Crippen molar-refractivity contribution in [1.29, 1.82) is 0 Å². The second-order valence-electron chi connectivity index (χ2n) is 2.60. The van der Waals surface area contributed by atoms with Crippen LogP contribution in [0.5, 0.6) is 0 Å². The van der Waals surface area contributed by atoms with Gasteiger partial charge in [0, 0.05) is 13.5 Å². The molecule has 0 aliphatic carbocycles. The molecule has 0 aliphatic heterocycles. The van der Waals surface area contributed by atoms with Crippen molar-refractivity contribution in [1.82, 2.24) is 9.55 Å². The Hall–Kier alpha value is -1.39.